The summed E-state index contributed by atoms with van der Waals surface area (Å²) < 4.78 is 31.3. The van der Waals surface area contributed by atoms with Gasteiger partial charge in [0.15, 0.2) is 5.82 Å². The molecule has 24 heavy (non-hydrogen) atoms. The number of rotatable bonds is 6. The van der Waals surface area contributed by atoms with Crippen LogP contribution in [0.15, 0.2) is 27.6 Å². The second-order valence-corrected chi connectivity index (χ2v) is 7.96. The van der Waals surface area contributed by atoms with Gasteiger partial charge in [-0.25, -0.2) is 13.2 Å². The quantitative estimate of drug-likeness (QED) is 0.827. The lowest BCUT2D eigenvalue weighted by Gasteiger charge is -2.16. The Kier molecular flexibility index (Phi) is 4.33. The normalized spacial score (nSPS) is 15.0. The van der Waals surface area contributed by atoms with Gasteiger partial charge < -0.3 is 9.63 Å². The van der Waals surface area contributed by atoms with Gasteiger partial charge in [0.1, 0.15) is 4.90 Å². The molecular weight excluding hydrogens is 358 g/mol. The summed E-state index contributed by atoms with van der Waals surface area (Å²) in [6.07, 6.45) is 2.00. The van der Waals surface area contributed by atoms with Gasteiger partial charge in [0.05, 0.1) is 17.1 Å². The minimum Gasteiger partial charge on any atom is -0.478 e. The number of hydrogen-bond donors (Lipinski definition) is 1. The molecule has 1 aliphatic rings. The number of carboxylic acids is 1. The van der Waals surface area contributed by atoms with Crippen LogP contribution in [0.3, 0.4) is 0 Å². The van der Waals surface area contributed by atoms with Crippen molar-refractivity contribution in [3.63, 3.8) is 0 Å². The zero-order valence-electron chi connectivity index (χ0n) is 12.6. The summed E-state index contributed by atoms with van der Waals surface area (Å²) in [4.78, 5) is 14.9. The Morgan fingerprint density at radius 2 is 2.17 bits per heavy atom. The largest absolute Gasteiger partial charge is 0.478 e. The highest BCUT2D eigenvalue weighted by atomic mass is 35.5. The second kappa shape index (κ2) is 6.15. The second-order valence-electron chi connectivity index (χ2n) is 5.53. The van der Waals surface area contributed by atoms with Crippen molar-refractivity contribution in [3.8, 4) is 0 Å². The van der Waals surface area contributed by atoms with Crippen molar-refractivity contribution in [2.45, 2.75) is 30.2 Å². The van der Waals surface area contributed by atoms with E-state index in [2.05, 4.69) is 10.1 Å². The third-order valence-electron chi connectivity index (χ3n) is 3.64. The average molecular weight is 372 g/mol. The molecule has 0 bridgehead atoms. The minimum atomic E-state index is -3.92. The van der Waals surface area contributed by atoms with Crippen molar-refractivity contribution < 1.29 is 22.8 Å². The molecule has 10 heteroatoms. The molecule has 0 saturated heterocycles. The van der Waals surface area contributed by atoms with E-state index in [0.717, 1.165) is 23.2 Å². The maximum atomic E-state index is 12.6. The molecule has 1 aliphatic carbocycles. The van der Waals surface area contributed by atoms with Gasteiger partial charge >= 0.3 is 5.97 Å². The molecule has 8 nitrogen and oxygen atoms in total. The van der Waals surface area contributed by atoms with Gasteiger partial charge in [-0.2, -0.15) is 9.29 Å². The topological polar surface area (TPSA) is 114 Å². The van der Waals surface area contributed by atoms with Crippen molar-refractivity contribution in [2.24, 2.45) is 0 Å². The predicted octanol–water partition coefficient (Wildman–Crippen LogP) is 2.12. The van der Waals surface area contributed by atoms with Gasteiger partial charge in [0, 0.05) is 13.0 Å². The average Bonchev–Trinajstić information content (AvgIpc) is 3.27. The van der Waals surface area contributed by atoms with E-state index >= 15 is 0 Å². The van der Waals surface area contributed by atoms with Crippen molar-refractivity contribution in [2.75, 3.05) is 7.05 Å². The number of halogens is 1. The molecule has 128 valence electrons. The Bertz CT molecular complexity index is 892. The van der Waals surface area contributed by atoms with E-state index in [9.17, 15) is 13.2 Å². The third kappa shape index (κ3) is 3.28. The first-order chi connectivity index (χ1) is 11.3. The SMILES string of the molecule is CN(Cc1noc(C2CC2)n1)S(=O)(=O)c1ccc(C(=O)O)cc1Cl. The van der Waals surface area contributed by atoms with Crippen LogP contribution in [0.2, 0.25) is 5.02 Å². The van der Waals surface area contributed by atoms with Crippen LogP contribution in [-0.2, 0) is 16.6 Å². The van der Waals surface area contributed by atoms with Crippen molar-refractivity contribution in [1.82, 2.24) is 14.4 Å². The molecule has 2 aromatic rings. The number of sulfonamides is 1. The van der Waals surface area contributed by atoms with Gasteiger partial charge in [-0.05, 0) is 31.0 Å². The summed E-state index contributed by atoms with van der Waals surface area (Å²) in [6, 6.07) is 3.46. The van der Waals surface area contributed by atoms with Crippen LogP contribution in [0.5, 0.6) is 0 Å². The van der Waals surface area contributed by atoms with Crippen molar-refractivity contribution in [3.05, 3.63) is 40.5 Å². The first-order valence-electron chi connectivity index (χ1n) is 7.10. The number of nitrogens with zero attached hydrogens (tertiary/aromatic N) is 3. The van der Waals surface area contributed by atoms with Crippen molar-refractivity contribution >= 4 is 27.6 Å². The van der Waals surface area contributed by atoms with E-state index < -0.39 is 16.0 Å². The smallest absolute Gasteiger partial charge is 0.335 e. The van der Waals surface area contributed by atoms with Gasteiger partial charge in [-0.3, -0.25) is 0 Å². The molecule has 1 aromatic carbocycles. The van der Waals surface area contributed by atoms with Crippen LogP contribution in [-0.4, -0.2) is 41.0 Å². The molecule has 1 fully saturated rings. The van der Waals surface area contributed by atoms with Gasteiger partial charge in [0.25, 0.3) is 0 Å². The fourth-order valence-corrected chi connectivity index (χ4v) is 3.76. The standard InChI is InChI=1S/C14H14ClN3O5S/c1-18(7-12-16-13(23-17-12)8-2-3-8)24(21,22)11-5-4-9(14(19)20)6-10(11)15/h4-6,8H,2-3,7H2,1H3,(H,19,20). The lowest BCUT2D eigenvalue weighted by Crippen LogP contribution is -2.27. The molecule has 1 aromatic heterocycles. The van der Waals surface area contributed by atoms with Crippen LogP contribution < -0.4 is 0 Å². The molecular formula is C14H14ClN3O5S. The number of carbonyl (C=O) groups is 1. The van der Waals surface area contributed by atoms with E-state index in [1.54, 1.807) is 0 Å². The van der Waals surface area contributed by atoms with Gasteiger partial charge in [-0.15, -0.1) is 0 Å². The number of benzene rings is 1. The molecule has 0 spiro atoms. The van der Waals surface area contributed by atoms with Crippen molar-refractivity contribution in [1.29, 1.82) is 0 Å². The molecule has 1 heterocycles. The minimum absolute atomic E-state index is 0.0738. The monoisotopic (exact) mass is 371 g/mol. The Balaban J connectivity index is 1.81. The summed E-state index contributed by atoms with van der Waals surface area (Å²) in [5.41, 5.74) is -0.0890. The Morgan fingerprint density at radius 3 is 2.75 bits per heavy atom. The summed E-state index contributed by atoms with van der Waals surface area (Å²) in [5.74, 6) is -0.110. The van der Waals surface area contributed by atoms with E-state index in [1.165, 1.54) is 19.2 Å². The first-order valence-corrected chi connectivity index (χ1v) is 8.92. The highest BCUT2D eigenvalue weighted by molar-refractivity contribution is 7.89. The van der Waals surface area contributed by atoms with E-state index in [-0.39, 0.29) is 33.8 Å². The zero-order chi connectivity index (χ0) is 17.5. The predicted molar refractivity (Wildman–Crippen MR) is 83.3 cm³/mol. The zero-order valence-corrected chi connectivity index (χ0v) is 14.2. The van der Waals surface area contributed by atoms with Crippen LogP contribution in [0.4, 0.5) is 0 Å². The maximum Gasteiger partial charge on any atom is 0.335 e. The summed E-state index contributed by atoms with van der Waals surface area (Å²) >= 11 is 5.94. The van der Waals surface area contributed by atoms with Gasteiger partial charge in [-0.1, -0.05) is 16.8 Å². The van der Waals surface area contributed by atoms with E-state index in [4.69, 9.17) is 21.2 Å². The highest BCUT2D eigenvalue weighted by Gasteiger charge is 2.31. The maximum absolute atomic E-state index is 12.6. The summed E-state index contributed by atoms with van der Waals surface area (Å²) in [5, 5.41) is 12.5. The fourth-order valence-electron chi connectivity index (χ4n) is 2.12. The Hall–Kier alpha value is -1.97. The fraction of sp³-hybridized carbons (Fsp3) is 0.357. The number of carboxylic acid groups (broad SMARTS) is 1. The number of hydrogen-bond acceptors (Lipinski definition) is 6. The molecule has 0 radical (unpaired) electrons. The molecule has 0 amide bonds. The first kappa shape index (κ1) is 16.9. The van der Waals surface area contributed by atoms with Crippen LogP contribution in [0.25, 0.3) is 0 Å². The Morgan fingerprint density at radius 1 is 1.46 bits per heavy atom. The van der Waals surface area contributed by atoms with Crippen LogP contribution in [0.1, 0.15) is 40.8 Å². The molecule has 1 saturated carbocycles. The van der Waals surface area contributed by atoms with Crippen LogP contribution >= 0.6 is 11.6 Å². The number of aromatic carboxylic acids is 1. The summed E-state index contributed by atoms with van der Waals surface area (Å²) in [7, 11) is -2.55. The molecule has 0 aliphatic heterocycles. The molecule has 3 rings (SSSR count). The number of aromatic nitrogens is 2. The van der Waals surface area contributed by atoms with Crippen LogP contribution in [0, 0.1) is 0 Å². The molecule has 1 N–H and O–H groups in total. The molecule has 0 unspecified atom stereocenters. The Labute approximate surface area is 143 Å². The van der Waals surface area contributed by atoms with Gasteiger partial charge in [0.2, 0.25) is 15.9 Å². The lowest BCUT2D eigenvalue weighted by molar-refractivity contribution is 0.0696. The molecule has 0 atom stereocenters. The third-order valence-corrected chi connectivity index (χ3v) is 5.93. The van der Waals surface area contributed by atoms with E-state index in [1.807, 2.05) is 0 Å². The lowest BCUT2D eigenvalue weighted by atomic mass is 10.2. The highest BCUT2D eigenvalue weighted by Crippen LogP contribution is 2.38. The summed E-state index contributed by atoms with van der Waals surface area (Å²) in [6.45, 7) is -0.0738. The van der Waals surface area contributed by atoms with E-state index in [0.29, 0.717) is 5.89 Å².